The predicted molar refractivity (Wildman–Crippen MR) is 145 cm³/mol. The standard InChI is InChI=1S/C28H35N3O4S/c1-20(29-27(32)19-21-11-12-24(34-3)25(18-21)35-4)28(26-10-7-17-36-26)31-15-13-30(14-16-31)22-8-5-6-9-23(22)33-2/h5-12,17-18,20,28H,13-16,19H2,1-4H3,(H,29,32)/t20-,28+/m1/s1. The van der Waals surface area contributed by atoms with Crippen LogP contribution in [0.15, 0.2) is 60.0 Å². The molecule has 2 heterocycles. The Morgan fingerprint density at radius 2 is 1.64 bits per heavy atom. The first-order chi connectivity index (χ1) is 17.5. The molecular weight excluding hydrogens is 474 g/mol. The fraction of sp³-hybridized carbons (Fsp3) is 0.393. The zero-order valence-corrected chi connectivity index (χ0v) is 22.2. The minimum Gasteiger partial charge on any atom is -0.495 e. The summed E-state index contributed by atoms with van der Waals surface area (Å²) in [4.78, 5) is 19.1. The van der Waals surface area contributed by atoms with E-state index in [0.29, 0.717) is 11.5 Å². The molecule has 1 aliphatic heterocycles. The minimum absolute atomic E-state index is 0.0102. The number of benzene rings is 2. The van der Waals surface area contributed by atoms with E-state index in [9.17, 15) is 4.79 Å². The van der Waals surface area contributed by atoms with Crippen LogP contribution in [0.25, 0.3) is 0 Å². The first kappa shape index (κ1) is 25.9. The molecule has 1 saturated heterocycles. The molecule has 1 fully saturated rings. The van der Waals surface area contributed by atoms with Crippen LogP contribution in [0.4, 0.5) is 5.69 Å². The number of hydrogen-bond acceptors (Lipinski definition) is 7. The highest BCUT2D eigenvalue weighted by atomic mass is 32.1. The van der Waals surface area contributed by atoms with Gasteiger partial charge in [-0.3, -0.25) is 9.69 Å². The van der Waals surface area contributed by atoms with Crippen LogP contribution in [0.2, 0.25) is 0 Å². The number of piperazine rings is 1. The number of hydrogen-bond donors (Lipinski definition) is 1. The highest BCUT2D eigenvalue weighted by Crippen LogP contribution is 2.33. The van der Waals surface area contributed by atoms with Crippen LogP contribution in [0.3, 0.4) is 0 Å². The monoisotopic (exact) mass is 509 g/mol. The number of thiophene rings is 1. The van der Waals surface area contributed by atoms with Crippen molar-refractivity contribution < 1.29 is 19.0 Å². The summed E-state index contributed by atoms with van der Waals surface area (Å²) in [6.07, 6.45) is 0.281. The van der Waals surface area contributed by atoms with Gasteiger partial charge >= 0.3 is 0 Å². The van der Waals surface area contributed by atoms with Crippen LogP contribution >= 0.6 is 11.3 Å². The van der Waals surface area contributed by atoms with Crippen molar-refractivity contribution >= 4 is 22.9 Å². The Morgan fingerprint density at radius 1 is 0.917 bits per heavy atom. The molecule has 0 bridgehead atoms. The topological polar surface area (TPSA) is 63.3 Å². The molecule has 4 rings (SSSR count). The van der Waals surface area contributed by atoms with Gasteiger partial charge in [0.25, 0.3) is 0 Å². The van der Waals surface area contributed by atoms with Crippen LogP contribution in [-0.4, -0.2) is 64.4 Å². The lowest BCUT2D eigenvalue weighted by atomic mass is 10.0. The summed E-state index contributed by atoms with van der Waals surface area (Å²) < 4.78 is 16.3. The average Bonchev–Trinajstić information content (AvgIpc) is 3.43. The fourth-order valence-corrected chi connectivity index (χ4v) is 5.86. The van der Waals surface area contributed by atoms with Crippen molar-refractivity contribution in [2.24, 2.45) is 0 Å². The molecule has 2 aromatic carbocycles. The van der Waals surface area contributed by atoms with E-state index in [1.165, 1.54) is 4.88 Å². The van der Waals surface area contributed by atoms with Crippen LogP contribution in [-0.2, 0) is 11.2 Å². The number of carbonyl (C=O) groups excluding carboxylic acids is 1. The molecule has 36 heavy (non-hydrogen) atoms. The number of ether oxygens (including phenoxy) is 3. The van der Waals surface area contributed by atoms with Gasteiger partial charge in [0, 0.05) is 37.1 Å². The highest BCUT2D eigenvalue weighted by Gasteiger charge is 2.31. The summed E-state index contributed by atoms with van der Waals surface area (Å²) in [5.41, 5.74) is 2.01. The van der Waals surface area contributed by atoms with Gasteiger partial charge in [0.1, 0.15) is 5.75 Å². The lowest BCUT2D eigenvalue weighted by Crippen LogP contribution is -2.52. The third-order valence-electron chi connectivity index (χ3n) is 6.64. The summed E-state index contributed by atoms with van der Waals surface area (Å²) in [5, 5.41) is 5.36. The molecule has 1 amide bonds. The number of carbonyl (C=O) groups is 1. The number of amides is 1. The number of nitrogens with one attached hydrogen (secondary N) is 1. The van der Waals surface area contributed by atoms with Crippen molar-refractivity contribution in [1.29, 1.82) is 0 Å². The van der Waals surface area contributed by atoms with E-state index in [0.717, 1.165) is 43.2 Å². The maximum absolute atomic E-state index is 13.0. The quantitative estimate of drug-likeness (QED) is 0.438. The second kappa shape index (κ2) is 12.1. The Hall–Kier alpha value is -3.23. The highest BCUT2D eigenvalue weighted by molar-refractivity contribution is 7.10. The van der Waals surface area contributed by atoms with E-state index >= 15 is 0 Å². The molecular formula is C28H35N3O4S. The van der Waals surface area contributed by atoms with Crippen LogP contribution < -0.4 is 24.4 Å². The SMILES string of the molecule is COc1ccc(CC(=O)N[C@H](C)[C@@H](c2cccs2)N2CCN(c3ccccc3OC)CC2)cc1OC. The van der Waals surface area contributed by atoms with E-state index in [-0.39, 0.29) is 24.4 Å². The summed E-state index contributed by atoms with van der Waals surface area (Å²) in [6.45, 7) is 5.69. The van der Waals surface area contributed by atoms with Gasteiger partial charge in [0.05, 0.1) is 39.5 Å². The van der Waals surface area contributed by atoms with Gasteiger partial charge in [-0.15, -0.1) is 11.3 Å². The maximum Gasteiger partial charge on any atom is 0.224 e. The van der Waals surface area contributed by atoms with Gasteiger partial charge in [0.15, 0.2) is 11.5 Å². The van der Waals surface area contributed by atoms with Gasteiger partial charge in [-0.1, -0.05) is 24.3 Å². The summed E-state index contributed by atoms with van der Waals surface area (Å²) >= 11 is 1.74. The lowest BCUT2D eigenvalue weighted by Gasteiger charge is -2.42. The van der Waals surface area contributed by atoms with E-state index in [1.54, 1.807) is 32.7 Å². The molecule has 0 aliphatic carbocycles. The van der Waals surface area contributed by atoms with Crippen molar-refractivity contribution in [1.82, 2.24) is 10.2 Å². The van der Waals surface area contributed by atoms with Crippen molar-refractivity contribution in [3.63, 3.8) is 0 Å². The zero-order valence-electron chi connectivity index (χ0n) is 21.4. The number of nitrogens with zero attached hydrogens (tertiary/aromatic N) is 2. The maximum atomic E-state index is 13.0. The zero-order chi connectivity index (χ0) is 25.5. The van der Waals surface area contributed by atoms with Crippen molar-refractivity contribution in [2.45, 2.75) is 25.4 Å². The second-order valence-electron chi connectivity index (χ2n) is 8.88. The molecule has 3 aromatic rings. The van der Waals surface area contributed by atoms with Gasteiger partial charge in [-0.05, 0) is 48.2 Å². The Bertz CT molecular complexity index is 1130. The molecule has 1 N–H and O–H groups in total. The summed E-state index contributed by atoms with van der Waals surface area (Å²) in [7, 11) is 4.92. The van der Waals surface area contributed by atoms with E-state index in [4.69, 9.17) is 14.2 Å². The first-order valence-corrected chi connectivity index (χ1v) is 13.1. The number of anilines is 1. The molecule has 8 heteroatoms. The molecule has 192 valence electrons. The summed E-state index contributed by atoms with van der Waals surface area (Å²) in [5.74, 6) is 2.17. The molecule has 2 atom stereocenters. The van der Waals surface area contributed by atoms with Crippen molar-refractivity contribution in [3.05, 3.63) is 70.4 Å². The van der Waals surface area contributed by atoms with Crippen LogP contribution in [0.5, 0.6) is 17.2 Å². The lowest BCUT2D eigenvalue weighted by molar-refractivity contribution is -0.121. The Labute approximate surface area is 217 Å². The van der Waals surface area contributed by atoms with Gasteiger partial charge < -0.3 is 24.4 Å². The van der Waals surface area contributed by atoms with E-state index in [1.807, 2.05) is 30.3 Å². The van der Waals surface area contributed by atoms with E-state index < -0.39 is 0 Å². The smallest absolute Gasteiger partial charge is 0.224 e. The molecule has 1 aliphatic rings. The Morgan fingerprint density at radius 3 is 2.31 bits per heavy atom. The van der Waals surface area contributed by atoms with E-state index in [2.05, 4.69) is 51.7 Å². The van der Waals surface area contributed by atoms with Gasteiger partial charge in [-0.2, -0.15) is 0 Å². The Balaban J connectivity index is 1.42. The predicted octanol–water partition coefficient (Wildman–Crippen LogP) is 4.38. The second-order valence-corrected chi connectivity index (χ2v) is 9.86. The molecule has 1 aromatic heterocycles. The molecule has 0 spiro atoms. The number of rotatable bonds is 10. The summed E-state index contributed by atoms with van der Waals surface area (Å²) in [6, 6.07) is 18.1. The molecule has 0 radical (unpaired) electrons. The van der Waals surface area contributed by atoms with Crippen LogP contribution in [0, 0.1) is 0 Å². The molecule has 0 saturated carbocycles. The van der Waals surface area contributed by atoms with Gasteiger partial charge in [0.2, 0.25) is 5.91 Å². The third kappa shape index (κ3) is 5.94. The molecule has 7 nitrogen and oxygen atoms in total. The largest absolute Gasteiger partial charge is 0.495 e. The van der Waals surface area contributed by atoms with Crippen LogP contribution in [0.1, 0.15) is 23.4 Å². The number of para-hydroxylation sites is 2. The third-order valence-corrected chi connectivity index (χ3v) is 7.59. The first-order valence-electron chi connectivity index (χ1n) is 12.2. The normalized spacial score (nSPS) is 15.7. The van der Waals surface area contributed by atoms with Crippen molar-refractivity contribution in [2.75, 3.05) is 52.4 Å². The average molecular weight is 510 g/mol. The van der Waals surface area contributed by atoms with Gasteiger partial charge in [-0.25, -0.2) is 0 Å². The number of methoxy groups -OCH3 is 3. The molecule has 0 unspecified atom stereocenters. The minimum atomic E-state index is -0.0471. The van der Waals surface area contributed by atoms with Crippen molar-refractivity contribution in [3.8, 4) is 17.2 Å². The Kier molecular flexibility index (Phi) is 8.72. The fourth-order valence-electron chi connectivity index (χ4n) is 4.89.